The summed E-state index contributed by atoms with van der Waals surface area (Å²) >= 11 is 0. The normalized spacial score (nSPS) is 19.3. The second kappa shape index (κ2) is 5.27. The number of halogens is 1. The number of carbonyl (C=O) groups is 1. The van der Waals surface area contributed by atoms with Gasteiger partial charge in [0.05, 0.1) is 13.2 Å². The highest BCUT2D eigenvalue weighted by molar-refractivity contribution is 5.96. The molecule has 1 aromatic carbocycles. The molecule has 2 rings (SSSR count). The molecule has 1 aliphatic rings. The Kier molecular flexibility index (Phi) is 3.74. The van der Waals surface area contributed by atoms with Crippen molar-refractivity contribution in [2.45, 2.75) is 25.4 Å². The number of hydrogen-bond donors (Lipinski definition) is 0. The van der Waals surface area contributed by atoms with Gasteiger partial charge in [0, 0.05) is 18.6 Å². The van der Waals surface area contributed by atoms with Crippen molar-refractivity contribution in [3.8, 4) is 5.75 Å². The van der Waals surface area contributed by atoms with Gasteiger partial charge < -0.3 is 9.47 Å². The molecule has 17 heavy (non-hydrogen) atoms. The molecule has 1 aliphatic heterocycles. The fourth-order valence-corrected chi connectivity index (χ4v) is 1.97. The molecular formula is C13H15FO3. The Morgan fingerprint density at radius 2 is 2.41 bits per heavy atom. The summed E-state index contributed by atoms with van der Waals surface area (Å²) in [6, 6.07) is 4.27. The Balaban J connectivity index is 2.05. The van der Waals surface area contributed by atoms with Crippen molar-refractivity contribution >= 4 is 5.78 Å². The minimum atomic E-state index is -0.509. The largest absolute Gasteiger partial charge is 0.494 e. The van der Waals surface area contributed by atoms with Crippen LogP contribution in [0.5, 0.6) is 5.75 Å². The van der Waals surface area contributed by atoms with Crippen LogP contribution in [0.1, 0.15) is 29.6 Å². The summed E-state index contributed by atoms with van der Waals surface area (Å²) in [7, 11) is 1.40. The molecule has 92 valence electrons. The zero-order chi connectivity index (χ0) is 12.3. The molecule has 4 heteroatoms. The van der Waals surface area contributed by atoms with E-state index >= 15 is 0 Å². The van der Waals surface area contributed by atoms with E-state index in [1.165, 1.54) is 19.2 Å². The highest BCUT2D eigenvalue weighted by Gasteiger charge is 2.20. The Morgan fingerprint density at radius 1 is 1.59 bits per heavy atom. The molecule has 0 aliphatic carbocycles. The summed E-state index contributed by atoms with van der Waals surface area (Å²) in [4.78, 5) is 11.9. The fraction of sp³-hybridized carbons (Fsp3) is 0.462. The first-order valence-corrected chi connectivity index (χ1v) is 5.69. The third-order valence-corrected chi connectivity index (χ3v) is 2.91. The molecule has 1 aromatic rings. The van der Waals surface area contributed by atoms with Crippen molar-refractivity contribution < 1.29 is 18.7 Å². The molecule has 0 saturated carbocycles. The summed E-state index contributed by atoms with van der Waals surface area (Å²) in [6.45, 7) is 0.717. The first kappa shape index (κ1) is 12.0. The quantitative estimate of drug-likeness (QED) is 0.756. The van der Waals surface area contributed by atoms with E-state index < -0.39 is 5.82 Å². The fourth-order valence-electron chi connectivity index (χ4n) is 1.97. The smallest absolute Gasteiger partial charge is 0.165 e. The molecular weight excluding hydrogens is 223 g/mol. The lowest BCUT2D eigenvalue weighted by Gasteiger charge is -2.09. The van der Waals surface area contributed by atoms with E-state index in [2.05, 4.69) is 0 Å². The Hall–Kier alpha value is -1.42. The molecule has 0 radical (unpaired) electrons. The number of Topliss-reactive ketones (excluding diaryl/α,β-unsaturated/α-hetero) is 1. The van der Waals surface area contributed by atoms with Crippen LogP contribution in [0, 0.1) is 5.82 Å². The van der Waals surface area contributed by atoms with Gasteiger partial charge in [0.1, 0.15) is 0 Å². The van der Waals surface area contributed by atoms with Gasteiger partial charge in [-0.1, -0.05) is 0 Å². The van der Waals surface area contributed by atoms with E-state index in [0.29, 0.717) is 12.0 Å². The van der Waals surface area contributed by atoms with E-state index in [1.807, 2.05) is 0 Å². The van der Waals surface area contributed by atoms with Crippen LogP contribution in [0.3, 0.4) is 0 Å². The van der Waals surface area contributed by atoms with Crippen molar-refractivity contribution in [2.75, 3.05) is 13.7 Å². The van der Waals surface area contributed by atoms with Gasteiger partial charge in [-0.3, -0.25) is 4.79 Å². The Labute approximate surface area is 99.5 Å². The highest BCUT2D eigenvalue weighted by Crippen LogP contribution is 2.21. The van der Waals surface area contributed by atoms with Crippen LogP contribution in [-0.4, -0.2) is 25.6 Å². The van der Waals surface area contributed by atoms with Gasteiger partial charge in [-0.2, -0.15) is 0 Å². The number of benzene rings is 1. The molecule has 0 aromatic heterocycles. The maximum absolute atomic E-state index is 13.4. The van der Waals surface area contributed by atoms with Crippen molar-refractivity contribution in [3.05, 3.63) is 29.6 Å². The topological polar surface area (TPSA) is 35.5 Å². The lowest BCUT2D eigenvalue weighted by Crippen LogP contribution is -2.12. The Bertz CT molecular complexity index is 411. The Morgan fingerprint density at radius 3 is 3.00 bits per heavy atom. The first-order chi connectivity index (χ1) is 8.20. The highest BCUT2D eigenvalue weighted by atomic mass is 19.1. The first-order valence-electron chi connectivity index (χ1n) is 5.69. The summed E-state index contributed by atoms with van der Waals surface area (Å²) in [5.41, 5.74) is 0.374. The minimum Gasteiger partial charge on any atom is -0.494 e. The minimum absolute atomic E-state index is 0.00679. The number of ether oxygens (including phenoxy) is 2. The monoisotopic (exact) mass is 238 g/mol. The number of rotatable bonds is 4. The third-order valence-electron chi connectivity index (χ3n) is 2.91. The van der Waals surface area contributed by atoms with Crippen LogP contribution in [0.25, 0.3) is 0 Å². The van der Waals surface area contributed by atoms with Crippen LogP contribution in [-0.2, 0) is 4.74 Å². The van der Waals surface area contributed by atoms with Crippen LogP contribution in [0.15, 0.2) is 18.2 Å². The molecule has 0 bridgehead atoms. The van der Waals surface area contributed by atoms with Gasteiger partial charge >= 0.3 is 0 Å². The number of carbonyl (C=O) groups excluding carboxylic acids is 1. The van der Waals surface area contributed by atoms with Gasteiger partial charge in [-0.25, -0.2) is 4.39 Å². The number of hydrogen-bond acceptors (Lipinski definition) is 3. The molecule has 1 fully saturated rings. The van der Waals surface area contributed by atoms with Crippen molar-refractivity contribution in [1.29, 1.82) is 0 Å². The molecule has 1 heterocycles. The van der Waals surface area contributed by atoms with Gasteiger partial charge in [0.25, 0.3) is 0 Å². The zero-order valence-electron chi connectivity index (χ0n) is 9.74. The van der Waals surface area contributed by atoms with Crippen molar-refractivity contribution in [3.63, 3.8) is 0 Å². The molecule has 1 unspecified atom stereocenters. The third kappa shape index (κ3) is 2.82. The van der Waals surface area contributed by atoms with Crippen LogP contribution in [0.4, 0.5) is 4.39 Å². The average molecular weight is 238 g/mol. The zero-order valence-corrected chi connectivity index (χ0v) is 9.74. The molecule has 3 nitrogen and oxygen atoms in total. The average Bonchev–Trinajstić information content (AvgIpc) is 2.81. The molecule has 1 atom stereocenters. The lowest BCUT2D eigenvalue weighted by atomic mass is 10.0. The van der Waals surface area contributed by atoms with E-state index in [1.54, 1.807) is 6.07 Å². The second-order valence-corrected chi connectivity index (χ2v) is 4.11. The number of ketones is 1. The predicted octanol–water partition coefficient (Wildman–Crippen LogP) is 2.59. The van der Waals surface area contributed by atoms with Gasteiger partial charge in [0.15, 0.2) is 17.3 Å². The maximum atomic E-state index is 13.4. The summed E-state index contributed by atoms with van der Waals surface area (Å²) in [5, 5.41) is 0. The van der Waals surface area contributed by atoms with E-state index in [4.69, 9.17) is 9.47 Å². The molecule has 1 saturated heterocycles. The van der Waals surface area contributed by atoms with Gasteiger partial charge in [-0.05, 0) is 31.0 Å². The second-order valence-electron chi connectivity index (χ2n) is 4.11. The SMILES string of the molecule is COc1ccc(C(=O)CC2CCCO2)cc1F. The lowest BCUT2D eigenvalue weighted by molar-refractivity contribution is 0.0775. The van der Waals surface area contributed by atoms with E-state index in [-0.39, 0.29) is 17.6 Å². The molecule has 0 spiro atoms. The van der Waals surface area contributed by atoms with Crippen LogP contribution in [0.2, 0.25) is 0 Å². The van der Waals surface area contributed by atoms with E-state index in [9.17, 15) is 9.18 Å². The molecule has 0 amide bonds. The van der Waals surface area contributed by atoms with Crippen LogP contribution >= 0.6 is 0 Å². The molecule has 0 N–H and O–H groups in total. The standard InChI is InChI=1S/C13H15FO3/c1-16-13-5-4-9(7-11(13)14)12(15)8-10-3-2-6-17-10/h4-5,7,10H,2-3,6,8H2,1H3. The van der Waals surface area contributed by atoms with Crippen LogP contribution < -0.4 is 4.74 Å². The maximum Gasteiger partial charge on any atom is 0.165 e. The predicted molar refractivity (Wildman–Crippen MR) is 60.9 cm³/mol. The van der Waals surface area contributed by atoms with Gasteiger partial charge in [-0.15, -0.1) is 0 Å². The van der Waals surface area contributed by atoms with Crippen molar-refractivity contribution in [2.24, 2.45) is 0 Å². The summed E-state index contributed by atoms with van der Waals surface area (Å²) in [6.07, 6.45) is 2.22. The summed E-state index contributed by atoms with van der Waals surface area (Å²) in [5.74, 6) is -0.442. The van der Waals surface area contributed by atoms with E-state index in [0.717, 1.165) is 19.4 Å². The van der Waals surface area contributed by atoms with Gasteiger partial charge in [0.2, 0.25) is 0 Å². The van der Waals surface area contributed by atoms with Crippen molar-refractivity contribution in [1.82, 2.24) is 0 Å². The summed E-state index contributed by atoms with van der Waals surface area (Å²) < 4.78 is 23.6. The number of methoxy groups -OCH3 is 1.